The highest BCUT2D eigenvalue weighted by molar-refractivity contribution is 6.04. The largest absolute Gasteiger partial charge is 0.480 e. The number of fused-ring (bicyclic) bond motifs is 1. The van der Waals surface area contributed by atoms with E-state index in [1.807, 2.05) is 0 Å². The van der Waals surface area contributed by atoms with Gasteiger partial charge in [0.1, 0.15) is 0 Å². The first-order valence-electron chi connectivity index (χ1n) is 3.97. The Morgan fingerprint density at radius 2 is 1.92 bits per heavy atom. The van der Waals surface area contributed by atoms with Gasteiger partial charge in [-0.15, -0.1) is 0 Å². The molecule has 0 aromatic rings. The van der Waals surface area contributed by atoms with Crippen LogP contribution in [0.15, 0.2) is 0 Å². The highest BCUT2D eigenvalue weighted by Gasteiger charge is 2.79. The van der Waals surface area contributed by atoms with E-state index in [0.29, 0.717) is 0 Å². The predicted octanol–water partition coefficient (Wildman–Crippen LogP) is 0.270. The van der Waals surface area contributed by atoms with Crippen molar-refractivity contribution in [3.63, 3.8) is 0 Å². The van der Waals surface area contributed by atoms with Gasteiger partial charge in [0.15, 0.2) is 5.41 Å². The van der Waals surface area contributed by atoms with Gasteiger partial charge in [-0.25, -0.2) is 0 Å². The van der Waals surface area contributed by atoms with Crippen LogP contribution in [0.4, 0.5) is 0 Å². The molecule has 2 aliphatic carbocycles. The fraction of sp³-hybridized carbons (Fsp3) is 0.750. The van der Waals surface area contributed by atoms with Gasteiger partial charge >= 0.3 is 11.9 Å². The van der Waals surface area contributed by atoms with Crippen LogP contribution in [0, 0.1) is 17.3 Å². The smallest absolute Gasteiger partial charge is 0.323 e. The molecule has 1 unspecified atom stereocenters. The molecule has 4 heteroatoms. The molecular formula is C8H10O4. The zero-order chi connectivity index (χ0) is 8.93. The lowest BCUT2D eigenvalue weighted by Crippen LogP contribution is -2.29. The standard InChI is InChI=1S/C8H10O4/c1-12-7(11)8(6(9)10)4-2-3-5(4)8/h4-5H,2-3H2,1H3,(H,9,10)/t4-,5+,8?. The van der Waals surface area contributed by atoms with Crippen molar-refractivity contribution in [1.29, 1.82) is 0 Å². The number of esters is 1. The highest BCUT2D eigenvalue weighted by atomic mass is 16.5. The summed E-state index contributed by atoms with van der Waals surface area (Å²) in [6, 6.07) is 0. The summed E-state index contributed by atoms with van der Waals surface area (Å²) < 4.78 is 4.50. The Labute approximate surface area is 69.5 Å². The first kappa shape index (κ1) is 7.58. The predicted molar refractivity (Wildman–Crippen MR) is 38.3 cm³/mol. The van der Waals surface area contributed by atoms with Gasteiger partial charge in [0.05, 0.1) is 7.11 Å². The van der Waals surface area contributed by atoms with Crippen LogP contribution < -0.4 is 0 Å². The molecule has 0 radical (unpaired) electrons. The second kappa shape index (κ2) is 2.00. The number of carboxylic acid groups (broad SMARTS) is 1. The number of hydrogen-bond acceptors (Lipinski definition) is 3. The van der Waals surface area contributed by atoms with Crippen LogP contribution in [0.3, 0.4) is 0 Å². The monoisotopic (exact) mass is 170 g/mol. The zero-order valence-electron chi connectivity index (χ0n) is 6.74. The number of hydrogen-bond donors (Lipinski definition) is 1. The third-order valence-corrected chi connectivity index (χ3v) is 3.21. The Hall–Kier alpha value is -1.06. The van der Waals surface area contributed by atoms with Crippen LogP contribution in [0.2, 0.25) is 0 Å². The molecule has 2 fully saturated rings. The van der Waals surface area contributed by atoms with E-state index in [9.17, 15) is 9.59 Å². The summed E-state index contributed by atoms with van der Waals surface area (Å²) in [7, 11) is 1.24. The fourth-order valence-electron chi connectivity index (χ4n) is 2.37. The maximum Gasteiger partial charge on any atom is 0.323 e. The summed E-state index contributed by atoms with van der Waals surface area (Å²) in [5.41, 5.74) is -1.16. The van der Waals surface area contributed by atoms with Gasteiger partial charge in [-0.3, -0.25) is 9.59 Å². The summed E-state index contributed by atoms with van der Waals surface area (Å²) in [5, 5.41) is 8.89. The molecule has 0 amide bonds. The molecule has 2 saturated carbocycles. The van der Waals surface area contributed by atoms with Crippen LogP contribution in [0.1, 0.15) is 12.8 Å². The van der Waals surface area contributed by atoms with Crippen LogP contribution >= 0.6 is 0 Å². The molecule has 4 nitrogen and oxygen atoms in total. The Kier molecular flexibility index (Phi) is 1.26. The molecule has 0 saturated heterocycles. The molecule has 0 spiro atoms. The molecular weight excluding hydrogens is 160 g/mol. The van der Waals surface area contributed by atoms with Gasteiger partial charge in [-0.2, -0.15) is 0 Å². The first-order chi connectivity index (χ1) is 5.65. The molecule has 66 valence electrons. The van der Waals surface area contributed by atoms with Crippen molar-refractivity contribution in [1.82, 2.24) is 0 Å². The number of aliphatic carboxylic acids is 1. The lowest BCUT2D eigenvalue weighted by molar-refractivity contribution is -0.160. The van der Waals surface area contributed by atoms with E-state index in [1.165, 1.54) is 7.11 Å². The molecule has 0 aromatic carbocycles. The maximum absolute atomic E-state index is 11.2. The van der Waals surface area contributed by atoms with E-state index in [0.717, 1.165) is 12.8 Å². The average Bonchev–Trinajstić information content (AvgIpc) is 2.46. The Morgan fingerprint density at radius 1 is 1.42 bits per heavy atom. The molecule has 0 bridgehead atoms. The number of rotatable bonds is 2. The van der Waals surface area contributed by atoms with Crippen molar-refractivity contribution in [3.05, 3.63) is 0 Å². The number of ether oxygens (including phenoxy) is 1. The summed E-state index contributed by atoms with van der Waals surface area (Å²) in [6.07, 6.45) is 1.71. The van der Waals surface area contributed by atoms with Gasteiger partial charge in [0.2, 0.25) is 0 Å². The third kappa shape index (κ3) is 0.552. The van der Waals surface area contributed by atoms with Crippen LogP contribution in [0.25, 0.3) is 0 Å². The molecule has 0 aromatic heterocycles. The minimum absolute atomic E-state index is 0.0578. The van der Waals surface area contributed by atoms with E-state index in [2.05, 4.69) is 4.74 Å². The maximum atomic E-state index is 11.2. The van der Waals surface area contributed by atoms with Crippen molar-refractivity contribution in [3.8, 4) is 0 Å². The Balaban J connectivity index is 2.26. The SMILES string of the molecule is COC(=O)C1(C(=O)O)[C@@H]2CC[C@@H]21. The second-order valence-corrected chi connectivity index (χ2v) is 3.46. The van der Waals surface area contributed by atoms with Gasteiger partial charge in [0.25, 0.3) is 0 Å². The Bertz CT molecular complexity index is 248. The summed E-state index contributed by atoms with van der Waals surface area (Å²) in [6.45, 7) is 0. The topological polar surface area (TPSA) is 63.6 Å². The second-order valence-electron chi connectivity index (χ2n) is 3.46. The zero-order valence-corrected chi connectivity index (χ0v) is 6.74. The first-order valence-corrected chi connectivity index (χ1v) is 3.97. The molecule has 2 rings (SSSR count). The van der Waals surface area contributed by atoms with Gasteiger partial charge in [-0.05, 0) is 24.7 Å². The number of carbonyl (C=O) groups is 2. The summed E-state index contributed by atoms with van der Waals surface area (Å²) >= 11 is 0. The third-order valence-electron chi connectivity index (χ3n) is 3.21. The highest BCUT2D eigenvalue weighted by Crippen LogP contribution is 2.71. The fourth-order valence-corrected chi connectivity index (χ4v) is 2.37. The molecule has 3 atom stereocenters. The molecule has 0 aliphatic heterocycles. The van der Waals surface area contributed by atoms with Gasteiger partial charge in [-0.1, -0.05) is 0 Å². The lowest BCUT2D eigenvalue weighted by atomic mass is 10.0. The number of carbonyl (C=O) groups excluding carboxylic acids is 1. The molecule has 0 heterocycles. The van der Waals surface area contributed by atoms with E-state index in [1.54, 1.807) is 0 Å². The molecule has 2 aliphatic rings. The number of methoxy groups -OCH3 is 1. The van der Waals surface area contributed by atoms with Crippen LogP contribution in [0.5, 0.6) is 0 Å². The minimum atomic E-state index is -1.16. The number of carboxylic acids is 1. The van der Waals surface area contributed by atoms with Crippen molar-refractivity contribution in [2.75, 3.05) is 7.11 Å². The summed E-state index contributed by atoms with van der Waals surface area (Å²) in [4.78, 5) is 22.0. The van der Waals surface area contributed by atoms with E-state index >= 15 is 0 Å². The molecule has 12 heavy (non-hydrogen) atoms. The van der Waals surface area contributed by atoms with Gasteiger partial charge in [0, 0.05) is 0 Å². The van der Waals surface area contributed by atoms with Crippen LogP contribution in [-0.2, 0) is 14.3 Å². The van der Waals surface area contributed by atoms with Gasteiger partial charge < -0.3 is 9.84 Å². The molecule has 1 N–H and O–H groups in total. The van der Waals surface area contributed by atoms with Crippen LogP contribution in [-0.4, -0.2) is 24.2 Å². The van der Waals surface area contributed by atoms with Crippen molar-refractivity contribution >= 4 is 11.9 Å². The van der Waals surface area contributed by atoms with E-state index in [4.69, 9.17) is 5.11 Å². The van der Waals surface area contributed by atoms with Crippen molar-refractivity contribution < 1.29 is 19.4 Å². The summed E-state index contributed by atoms with van der Waals surface area (Å²) in [5.74, 6) is -1.46. The minimum Gasteiger partial charge on any atom is -0.480 e. The quantitative estimate of drug-likeness (QED) is 0.477. The lowest BCUT2D eigenvalue weighted by Gasteiger charge is -2.06. The van der Waals surface area contributed by atoms with E-state index in [-0.39, 0.29) is 11.8 Å². The van der Waals surface area contributed by atoms with E-state index < -0.39 is 17.4 Å². The normalized spacial score (nSPS) is 42.4. The van der Waals surface area contributed by atoms with Crippen molar-refractivity contribution in [2.45, 2.75) is 12.8 Å². The Morgan fingerprint density at radius 3 is 2.17 bits per heavy atom. The average molecular weight is 170 g/mol. The van der Waals surface area contributed by atoms with Crippen molar-refractivity contribution in [2.24, 2.45) is 17.3 Å².